The van der Waals surface area contributed by atoms with Crippen LogP contribution < -0.4 is 5.32 Å². The smallest absolute Gasteiger partial charge is 0.423 e. The van der Waals surface area contributed by atoms with Gasteiger partial charge in [-0.1, -0.05) is 6.08 Å². The van der Waals surface area contributed by atoms with Gasteiger partial charge in [-0.15, -0.1) is 0 Å². The van der Waals surface area contributed by atoms with Gasteiger partial charge in [0.1, 0.15) is 0 Å². The summed E-state index contributed by atoms with van der Waals surface area (Å²) in [6, 6.07) is 0. The maximum absolute atomic E-state index is 8.59. The highest BCUT2D eigenvalue weighted by Gasteiger charge is 2.13. The average Bonchev–Trinajstić information content (AvgIpc) is 1.90. The van der Waals surface area contributed by atoms with Gasteiger partial charge in [0.25, 0.3) is 0 Å². The van der Waals surface area contributed by atoms with E-state index in [9.17, 15) is 0 Å². The van der Waals surface area contributed by atoms with Gasteiger partial charge in [0, 0.05) is 6.54 Å². The van der Waals surface area contributed by atoms with E-state index in [2.05, 4.69) is 5.32 Å². The van der Waals surface area contributed by atoms with Crippen LogP contribution >= 0.6 is 0 Å². The molecule has 0 fully saturated rings. The van der Waals surface area contributed by atoms with Crippen LogP contribution in [0.2, 0.25) is 0 Å². The van der Waals surface area contributed by atoms with E-state index in [4.69, 9.17) is 10.0 Å². The Morgan fingerprint density at radius 2 is 2.33 bits per heavy atom. The Kier molecular flexibility index (Phi) is 1.92. The van der Waals surface area contributed by atoms with Crippen molar-refractivity contribution >= 4 is 7.12 Å². The number of hydrogen-bond acceptors (Lipinski definition) is 3. The van der Waals surface area contributed by atoms with Crippen LogP contribution in [0.25, 0.3) is 0 Å². The minimum Gasteiger partial charge on any atom is -0.423 e. The number of rotatable bonds is 1. The lowest BCUT2D eigenvalue weighted by molar-refractivity contribution is 0.417. The standard InChI is InChI=1S/C5H8BNO2/c8-6(9)5-2-1-3-7-4-5/h1-3,7-9H,4H2. The first-order chi connectivity index (χ1) is 4.30. The first kappa shape index (κ1) is 6.39. The first-order valence-electron chi connectivity index (χ1n) is 2.76. The van der Waals surface area contributed by atoms with E-state index in [0.717, 1.165) is 0 Å². The molecule has 0 bridgehead atoms. The van der Waals surface area contributed by atoms with Gasteiger partial charge in [0.15, 0.2) is 0 Å². The quantitative estimate of drug-likeness (QED) is 0.395. The molecule has 4 heteroatoms. The monoisotopic (exact) mass is 125 g/mol. The third kappa shape index (κ3) is 1.59. The summed E-state index contributed by atoms with van der Waals surface area (Å²) in [7, 11) is -1.32. The second kappa shape index (κ2) is 2.71. The highest BCUT2D eigenvalue weighted by molar-refractivity contribution is 6.51. The zero-order valence-corrected chi connectivity index (χ0v) is 4.91. The van der Waals surface area contributed by atoms with Crippen molar-refractivity contribution in [3.05, 3.63) is 23.8 Å². The van der Waals surface area contributed by atoms with Crippen LogP contribution in [-0.4, -0.2) is 23.7 Å². The molecule has 0 saturated heterocycles. The Bertz CT molecular complexity index is 153. The second-order valence-electron chi connectivity index (χ2n) is 1.86. The predicted molar refractivity (Wildman–Crippen MR) is 35.4 cm³/mol. The summed E-state index contributed by atoms with van der Waals surface area (Å²) >= 11 is 0. The van der Waals surface area contributed by atoms with Gasteiger partial charge in [0.2, 0.25) is 0 Å². The SMILES string of the molecule is OB(O)C1=CC=CNC1. The Labute approximate surface area is 53.8 Å². The lowest BCUT2D eigenvalue weighted by atomic mass is 9.78. The molecule has 1 aliphatic rings. The molecule has 0 amide bonds. The van der Waals surface area contributed by atoms with Gasteiger partial charge in [-0.05, 0) is 17.7 Å². The molecule has 0 aromatic carbocycles. The van der Waals surface area contributed by atoms with Gasteiger partial charge >= 0.3 is 7.12 Å². The maximum Gasteiger partial charge on any atom is 0.485 e. The maximum atomic E-state index is 8.59. The largest absolute Gasteiger partial charge is 0.485 e. The average molecular weight is 125 g/mol. The molecule has 9 heavy (non-hydrogen) atoms. The Balaban J connectivity index is 2.57. The van der Waals surface area contributed by atoms with E-state index in [1.807, 2.05) is 0 Å². The van der Waals surface area contributed by atoms with Crippen molar-refractivity contribution in [3.63, 3.8) is 0 Å². The van der Waals surface area contributed by atoms with Crippen LogP contribution in [0, 0.1) is 0 Å². The zero-order valence-electron chi connectivity index (χ0n) is 4.91. The molecule has 0 saturated carbocycles. The third-order valence-corrected chi connectivity index (χ3v) is 1.16. The number of dihydropyridines is 1. The van der Waals surface area contributed by atoms with E-state index in [1.54, 1.807) is 18.4 Å². The van der Waals surface area contributed by atoms with Crippen molar-refractivity contribution in [2.45, 2.75) is 0 Å². The number of nitrogens with one attached hydrogen (secondary N) is 1. The van der Waals surface area contributed by atoms with Gasteiger partial charge in [-0.3, -0.25) is 0 Å². The summed E-state index contributed by atoms with van der Waals surface area (Å²) in [5, 5.41) is 20.0. The fourth-order valence-electron chi connectivity index (χ4n) is 0.653. The molecule has 0 aromatic rings. The van der Waals surface area contributed by atoms with Gasteiger partial charge in [-0.2, -0.15) is 0 Å². The third-order valence-electron chi connectivity index (χ3n) is 1.16. The van der Waals surface area contributed by atoms with Crippen molar-refractivity contribution in [3.8, 4) is 0 Å². The second-order valence-corrected chi connectivity index (χ2v) is 1.86. The van der Waals surface area contributed by atoms with Crippen LogP contribution in [0.4, 0.5) is 0 Å². The fourth-order valence-corrected chi connectivity index (χ4v) is 0.653. The Hall–Kier alpha value is -0.735. The molecule has 0 aliphatic carbocycles. The Morgan fingerprint density at radius 3 is 2.67 bits per heavy atom. The normalized spacial score (nSPS) is 16.4. The van der Waals surface area contributed by atoms with E-state index in [-0.39, 0.29) is 0 Å². The molecule has 1 aliphatic heterocycles. The fraction of sp³-hybridized carbons (Fsp3) is 0.200. The highest BCUT2D eigenvalue weighted by Crippen LogP contribution is 1.98. The molecule has 0 spiro atoms. The summed E-state index contributed by atoms with van der Waals surface area (Å²) in [6.07, 6.45) is 5.17. The highest BCUT2D eigenvalue weighted by atomic mass is 16.4. The van der Waals surface area contributed by atoms with Crippen LogP contribution in [0.15, 0.2) is 23.8 Å². The van der Waals surface area contributed by atoms with Crippen LogP contribution in [0.1, 0.15) is 0 Å². The van der Waals surface area contributed by atoms with Crippen molar-refractivity contribution in [2.24, 2.45) is 0 Å². The van der Waals surface area contributed by atoms with Crippen molar-refractivity contribution in [1.82, 2.24) is 5.32 Å². The van der Waals surface area contributed by atoms with Crippen LogP contribution in [0.5, 0.6) is 0 Å². The molecule has 1 rings (SSSR count). The number of hydrogen-bond donors (Lipinski definition) is 3. The predicted octanol–water partition coefficient (Wildman–Crippen LogP) is -0.958. The molecular weight excluding hydrogens is 117 g/mol. The molecular formula is C5H8BNO2. The topological polar surface area (TPSA) is 52.5 Å². The minimum absolute atomic E-state index is 0.522. The molecule has 0 atom stereocenters. The molecule has 0 aromatic heterocycles. The van der Waals surface area contributed by atoms with Crippen molar-refractivity contribution in [2.75, 3.05) is 6.54 Å². The van der Waals surface area contributed by atoms with Crippen molar-refractivity contribution < 1.29 is 10.0 Å². The van der Waals surface area contributed by atoms with Gasteiger partial charge in [-0.25, -0.2) is 0 Å². The Morgan fingerprint density at radius 1 is 1.56 bits per heavy atom. The molecule has 0 radical (unpaired) electrons. The summed E-state index contributed by atoms with van der Waals surface area (Å²) in [6.45, 7) is 0.522. The van der Waals surface area contributed by atoms with Crippen LogP contribution in [0.3, 0.4) is 0 Å². The lowest BCUT2D eigenvalue weighted by Crippen LogP contribution is -2.25. The van der Waals surface area contributed by atoms with Crippen molar-refractivity contribution in [1.29, 1.82) is 0 Å². The molecule has 1 heterocycles. The molecule has 48 valence electrons. The van der Waals surface area contributed by atoms with E-state index >= 15 is 0 Å². The summed E-state index contributed by atoms with van der Waals surface area (Å²) in [4.78, 5) is 0. The molecule has 3 nitrogen and oxygen atoms in total. The summed E-state index contributed by atoms with van der Waals surface area (Å²) in [5.74, 6) is 0. The summed E-state index contributed by atoms with van der Waals surface area (Å²) in [5.41, 5.74) is 0.595. The minimum atomic E-state index is -1.32. The van der Waals surface area contributed by atoms with Crippen LogP contribution in [-0.2, 0) is 0 Å². The summed E-state index contributed by atoms with van der Waals surface area (Å²) < 4.78 is 0. The molecule has 0 unspecified atom stereocenters. The van der Waals surface area contributed by atoms with Gasteiger partial charge < -0.3 is 15.4 Å². The van der Waals surface area contributed by atoms with E-state index < -0.39 is 7.12 Å². The first-order valence-corrected chi connectivity index (χ1v) is 2.76. The van der Waals surface area contributed by atoms with E-state index in [1.165, 1.54) is 0 Å². The number of allylic oxidation sites excluding steroid dienone is 2. The zero-order chi connectivity index (χ0) is 6.69. The van der Waals surface area contributed by atoms with E-state index in [0.29, 0.717) is 12.0 Å². The van der Waals surface area contributed by atoms with Gasteiger partial charge in [0.05, 0.1) is 0 Å². The molecule has 3 N–H and O–H groups in total. The lowest BCUT2D eigenvalue weighted by Gasteiger charge is -2.08.